The van der Waals surface area contributed by atoms with Gasteiger partial charge in [-0.05, 0) is 37.5 Å². The van der Waals surface area contributed by atoms with Crippen molar-refractivity contribution in [1.82, 2.24) is 4.72 Å². The number of hydrogen-bond donors (Lipinski definition) is 2. The minimum atomic E-state index is -4.19. The van der Waals surface area contributed by atoms with Crippen LogP contribution in [0.2, 0.25) is 0 Å². The van der Waals surface area contributed by atoms with Crippen molar-refractivity contribution in [2.24, 2.45) is 5.92 Å². The van der Waals surface area contributed by atoms with Crippen LogP contribution in [-0.4, -0.2) is 38.8 Å². The van der Waals surface area contributed by atoms with E-state index in [2.05, 4.69) is 4.72 Å². The average Bonchev–Trinajstić information content (AvgIpc) is 2.89. The first-order chi connectivity index (χ1) is 10.7. The molecule has 0 heterocycles. The molecule has 1 aromatic carbocycles. The topological polar surface area (TPSA) is 92.7 Å². The number of aliphatic carboxylic acids is 1. The van der Waals surface area contributed by atoms with E-state index in [1.165, 1.54) is 7.11 Å². The van der Waals surface area contributed by atoms with Crippen LogP contribution in [0, 0.1) is 11.7 Å². The largest absolute Gasteiger partial charge is 0.495 e. The molecule has 0 saturated heterocycles. The van der Waals surface area contributed by atoms with E-state index < -0.39 is 44.8 Å². The molecular weight excluding hydrogens is 332 g/mol. The first kappa shape index (κ1) is 17.6. The maximum absolute atomic E-state index is 14.5. The number of halogens is 2. The first-order valence-electron chi connectivity index (χ1n) is 6.92. The van der Waals surface area contributed by atoms with E-state index >= 15 is 0 Å². The van der Waals surface area contributed by atoms with Crippen LogP contribution in [0.15, 0.2) is 23.1 Å². The zero-order chi connectivity index (χ0) is 17.3. The minimum absolute atomic E-state index is 0.0488. The van der Waals surface area contributed by atoms with Gasteiger partial charge in [0, 0.05) is 6.54 Å². The molecule has 23 heavy (non-hydrogen) atoms. The lowest BCUT2D eigenvalue weighted by atomic mass is 10.0. The number of nitrogens with one attached hydrogen (secondary N) is 1. The maximum atomic E-state index is 14.5. The summed E-state index contributed by atoms with van der Waals surface area (Å²) in [4.78, 5) is 10.4. The molecule has 6 nitrogen and oxygen atoms in total. The van der Waals surface area contributed by atoms with Gasteiger partial charge in [0.25, 0.3) is 0 Å². The summed E-state index contributed by atoms with van der Waals surface area (Å²) >= 11 is 0. The van der Waals surface area contributed by atoms with Crippen LogP contribution in [0.1, 0.15) is 19.3 Å². The monoisotopic (exact) mass is 349 g/mol. The zero-order valence-corrected chi connectivity index (χ0v) is 13.2. The molecule has 0 spiro atoms. The fraction of sp³-hybridized carbons (Fsp3) is 0.500. The van der Waals surface area contributed by atoms with Gasteiger partial charge in [0.15, 0.2) is 0 Å². The van der Waals surface area contributed by atoms with Gasteiger partial charge in [-0.15, -0.1) is 0 Å². The summed E-state index contributed by atoms with van der Waals surface area (Å²) < 4.78 is 59.2. The predicted molar refractivity (Wildman–Crippen MR) is 77.0 cm³/mol. The molecular formula is C14H17F2NO5S. The second kappa shape index (κ2) is 6.40. The number of alkyl halides is 1. The number of methoxy groups -OCH3 is 1. The molecule has 0 amide bonds. The fourth-order valence-electron chi connectivity index (χ4n) is 2.61. The van der Waals surface area contributed by atoms with Gasteiger partial charge < -0.3 is 9.84 Å². The first-order valence-corrected chi connectivity index (χ1v) is 8.40. The number of ether oxygens (including phenoxy) is 1. The van der Waals surface area contributed by atoms with Crippen LogP contribution >= 0.6 is 0 Å². The van der Waals surface area contributed by atoms with Crippen LogP contribution in [0.3, 0.4) is 0 Å². The van der Waals surface area contributed by atoms with E-state index in [1.807, 2.05) is 0 Å². The van der Waals surface area contributed by atoms with Crippen molar-refractivity contribution < 1.29 is 31.8 Å². The summed E-state index contributed by atoms with van der Waals surface area (Å²) in [5, 5.41) is 8.89. The van der Waals surface area contributed by atoms with Crippen molar-refractivity contribution in [3.63, 3.8) is 0 Å². The van der Waals surface area contributed by atoms with E-state index in [0.717, 1.165) is 18.2 Å². The number of benzene rings is 1. The fourth-order valence-corrected chi connectivity index (χ4v) is 3.90. The second-order valence-electron chi connectivity index (χ2n) is 5.55. The van der Waals surface area contributed by atoms with Crippen molar-refractivity contribution in [1.29, 1.82) is 0 Å². The average molecular weight is 349 g/mol. The molecule has 2 N–H and O–H groups in total. The normalized spacial score (nSPS) is 24.6. The number of hydrogen-bond acceptors (Lipinski definition) is 4. The summed E-state index contributed by atoms with van der Waals surface area (Å²) in [7, 11) is -2.96. The highest BCUT2D eigenvalue weighted by atomic mass is 32.2. The molecule has 1 aromatic rings. The third kappa shape index (κ3) is 3.97. The molecule has 1 fully saturated rings. The van der Waals surface area contributed by atoms with Gasteiger partial charge in [0.1, 0.15) is 22.1 Å². The molecule has 0 radical (unpaired) electrons. The van der Waals surface area contributed by atoms with E-state index in [-0.39, 0.29) is 25.0 Å². The van der Waals surface area contributed by atoms with Gasteiger partial charge in [-0.2, -0.15) is 0 Å². The van der Waals surface area contributed by atoms with Crippen LogP contribution in [0.4, 0.5) is 8.78 Å². The van der Waals surface area contributed by atoms with E-state index in [9.17, 15) is 22.0 Å². The van der Waals surface area contributed by atoms with Gasteiger partial charge in [-0.1, -0.05) is 0 Å². The smallest absolute Gasteiger partial charge is 0.306 e. The molecule has 1 aliphatic carbocycles. The van der Waals surface area contributed by atoms with Crippen molar-refractivity contribution in [3.8, 4) is 5.75 Å². The van der Waals surface area contributed by atoms with Crippen LogP contribution in [0.25, 0.3) is 0 Å². The standard InChI is InChI=1S/C14H17F2NO5S/c1-22-11-3-2-10(15)6-12(11)23(20,21)17-8-14(16)5-4-9(7-14)13(18)19/h2-3,6,9,17H,4-5,7-8H2,1H3,(H,18,19)/t9-,14-/m1/s1. The quantitative estimate of drug-likeness (QED) is 0.815. The van der Waals surface area contributed by atoms with Gasteiger partial charge in [0.2, 0.25) is 10.0 Å². The van der Waals surface area contributed by atoms with Gasteiger partial charge in [-0.25, -0.2) is 21.9 Å². The molecule has 2 rings (SSSR count). The summed E-state index contributed by atoms with van der Waals surface area (Å²) in [5.41, 5.74) is -1.93. The second-order valence-corrected chi connectivity index (χ2v) is 7.28. The lowest BCUT2D eigenvalue weighted by Gasteiger charge is -2.20. The molecule has 128 valence electrons. The summed E-state index contributed by atoms with van der Waals surface area (Å²) in [6.07, 6.45) is -0.158. The number of carboxylic acids is 1. The van der Waals surface area contributed by atoms with Crippen molar-refractivity contribution in [3.05, 3.63) is 24.0 Å². The Bertz CT molecular complexity index is 709. The summed E-state index contributed by atoms with van der Waals surface area (Å²) in [6.45, 7) is -0.571. The van der Waals surface area contributed by atoms with E-state index in [4.69, 9.17) is 9.84 Å². The molecule has 0 unspecified atom stereocenters. The minimum Gasteiger partial charge on any atom is -0.495 e. The number of rotatable bonds is 6. The Labute approximate surface area is 132 Å². The number of carboxylic acid groups (broad SMARTS) is 1. The van der Waals surface area contributed by atoms with Crippen molar-refractivity contribution in [2.75, 3.05) is 13.7 Å². The summed E-state index contributed by atoms with van der Waals surface area (Å²) in [5.74, 6) is -2.76. The highest BCUT2D eigenvalue weighted by molar-refractivity contribution is 7.89. The maximum Gasteiger partial charge on any atom is 0.306 e. The van der Waals surface area contributed by atoms with Crippen LogP contribution in [0.5, 0.6) is 5.75 Å². The number of sulfonamides is 1. The third-order valence-electron chi connectivity index (χ3n) is 3.90. The molecule has 1 aliphatic rings. The molecule has 0 aliphatic heterocycles. The van der Waals surface area contributed by atoms with Crippen molar-refractivity contribution in [2.45, 2.75) is 29.8 Å². The Morgan fingerprint density at radius 3 is 2.78 bits per heavy atom. The summed E-state index contributed by atoms with van der Waals surface area (Å²) in [6, 6.07) is 2.98. The van der Waals surface area contributed by atoms with Gasteiger partial charge in [-0.3, -0.25) is 4.79 Å². The van der Waals surface area contributed by atoms with Crippen molar-refractivity contribution >= 4 is 16.0 Å². The lowest BCUT2D eigenvalue weighted by molar-refractivity contribution is -0.141. The Balaban J connectivity index is 2.14. The Hall–Kier alpha value is -1.74. The van der Waals surface area contributed by atoms with Gasteiger partial charge in [0.05, 0.1) is 13.0 Å². The molecule has 1 saturated carbocycles. The molecule has 9 heteroatoms. The van der Waals surface area contributed by atoms with Crippen LogP contribution < -0.4 is 9.46 Å². The van der Waals surface area contributed by atoms with Crippen LogP contribution in [-0.2, 0) is 14.8 Å². The SMILES string of the molecule is COc1ccc(F)cc1S(=O)(=O)NC[C@@]1(F)CC[C@@H](C(=O)O)C1. The molecule has 0 aromatic heterocycles. The van der Waals surface area contributed by atoms with E-state index in [1.54, 1.807) is 0 Å². The predicted octanol–water partition coefficient (Wildman–Crippen LogP) is 1.71. The number of carbonyl (C=O) groups is 1. The van der Waals surface area contributed by atoms with Gasteiger partial charge >= 0.3 is 5.97 Å². The zero-order valence-electron chi connectivity index (χ0n) is 12.4. The third-order valence-corrected chi connectivity index (χ3v) is 5.32. The molecule has 0 bridgehead atoms. The Kier molecular flexibility index (Phi) is 4.90. The Morgan fingerprint density at radius 1 is 1.52 bits per heavy atom. The van der Waals surface area contributed by atoms with E-state index in [0.29, 0.717) is 0 Å². The lowest BCUT2D eigenvalue weighted by Crippen LogP contribution is -2.38. The highest BCUT2D eigenvalue weighted by Crippen LogP contribution is 2.38. The highest BCUT2D eigenvalue weighted by Gasteiger charge is 2.43. The molecule has 2 atom stereocenters. The Morgan fingerprint density at radius 2 is 2.22 bits per heavy atom.